The topological polar surface area (TPSA) is 46.3 Å². The minimum Gasteiger partial charge on any atom is -0.491 e. The molecule has 0 amide bonds. The lowest BCUT2D eigenvalue weighted by Crippen LogP contribution is -2.09. The Morgan fingerprint density at radius 3 is 2.71 bits per heavy atom. The number of aryl methyl sites for hydroxylation is 1. The summed E-state index contributed by atoms with van der Waals surface area (Å²) >= 11 is 0. The van der Waals surface area contributed by atoms with E-state index in [1.807, 2.05) is 6.07 Å². The van der Waals surface area contributed by atoms with Crippen molar-refractivity contribution < 1.29 is 14.2 Å². The zero-order valence-electron chi connectivity index (χ0n) is 9.94. The summed E-state index contributed by atoms with van der Waals surface area (Å²) in [6.07, 6.45) is 0.706. The van der Waals surface area contributed by atoms with E-state index < -0.39 is 0 Å². The van der Waals surface area contributed by atoms with Gasteiger partial charge in [0.25, 0.3) is 0 Å². The van der Waals surface area contributed by atoms with Gasteiger partial charge in [-0.2, -0.15) is 0 Å². The molecule has 2 unspecified atom stereocenters. The molecule has 2 atom stereocenters. The van der Waals surface area contributed by atoms with Crippen LogP contribution in [0.4, 0.5) is 5.69 Å². The summed E-state index contributed by atoms with van der Waals surface area (Å²) in [4.78, 5) is 0. The van der Waals surface area contributed by atoms with Crippen molar-refractivity contribution in [3.8, 4) is 5.75 Å². The fraction of sp³-hybridized carbons (Fsp3) is 0.538. The second-order valence-electron chi connectivity index (χ2n) is 4.58. The van der Waals surface area contributed by atoms with E-state index in [9.17, 15) is 0 Å². The summed E-state index contributed by atoms with van der Waals surface area (Å²) in [5.41, 5.74) is 2.34. The molecule has 4 nitrogen and oxygen atoms in total. The van der Waals surface area contributed by atoms with E-state index in [-0.39, 0.29) is 0 Å². The molecule has 0 spiro atoms. The highest BCUT2D eigenvalue weighted by Crippen LogP contribution is 2.23. The molecular weight excluding hydrogens is 218 g/mol. The van der Waals surface area contributed by atoms with Crippen LogP contribution in [0.15, 0.2) is 18.2 Å². The van der Waals surface area contributed by atoms with Crippen LogP contribution in [-0.4, -0.2) is 38.6 Å². The summed E-state index contributed by atoms with van der Waals surface area (Å²) in [5, 5.41) is 3.37. The Morgan fingerprint density at radius 1 is 1.29 bits per heavy atom. The predicted octanol–water partition coefficient (Wildman–Crippen LogP) is 1.58. The maximum Gasteiger partial charge on any atom is 0.119 e. The van der Waals surface area contributed by atoms with E-state index in [2.05, 4.69) is 24.4 Å². The average Bonchev–Trinajstić information content (AvgIpc) is 3.18. The van der Waals surface area contributed by atoms with E-state index in [0.29, 0.717) is 18.8 Å². The molecule has 0 bridgehead atoms. The van der Waals surface area contributed by atoms with Crippen LogP contribution in [0.2, 0.25) is 0 Å². The van der Waals surface area contributed by atoms with Crippen LogP contribution in [-0.2, 0) is 9.47 Å². The number of rotatable bonds is 6. The highest BCUT2D eigenvalue weighted by atomic mass is 16.6. The lowest BCUT2D eigenvalue weighted by atomic mass is 10.2. The molecule has 1 aromatic carbocycles. The highest BCUT2D eigenvalue weighted by Gasteiger charge is 2.23. The maximum absolute atomic E-state index is 5.63. The van der Waals surface area contributed by atoms with Gasteiger partial charge in [-0.3, -0.25) is 0 Å². The summed E-state index contributed by atoms with van der Waals surface area (Å²) in [6.45, 7) is 5.34. The maximum atomic E-state index is 5.63. The highest BCUT2D eigenvalue weighted by molar-refractivity contribution is 5.53. The van der Waals surface area contributed by atoms with Crippen molar-refractivity contribution in [2.24, 2.45) is 0 Å². The van der Waals surface area contributed by atoms with Crippen molar-refractivity contribution in [3.63, 3.8) is 0 Å². The Morgan fingerprint density at radius 2 is 2.06 bits per heavy atom. The van der Waals surface area contributed by atoms with Crippen LogP contribution in [0.1, 0.15) is 5.56 Å². The van der Waals surface area contributed by atoms with E-state index >= 15 is 0 Å². The average molecular weight is 235 g/mol. The van der Waals surface area contributed by atoms with Crippen molar-refractivity contribution in [3.05, 3.63) is 23.8 Å². The number of ether oxygens (including phenoxy) is 3. The second-order valence-corrected chi connectivity index (χ2v) is 4.58. The van der Waals surface area contributed by atoms with Gasteiger partial charge in [-0.25, -0.2) is 0 Å². The molecule has 4 heteroatoms. The van der Waals surface area contributed by atoms with Crippen LogP contribution in [0.5, 0.6) is 5.75 Å². The van der Waals surface area contributed by atoms with Gasteiger partial charge in [0.1, 0.15) is 18.5 Å². The number of nitrogens with one attached hydrogen (secondary N) is 1. The molecule has 1 aromatic rings. The molecule has 2 aliphatic heterocycles. The van der Waals surface area contributed by atoms with Crippen molar-refractivity contribution in [2.75, 3.05) is 31.7 Å². The van der Waals surface area contributed by atoms with Crippen LogP contribution in [0.3, 0.4) is 0 Å². The molecule has 0 aromatic heterocycles. The van der Waals surface area contributed by atoms with E-state index in [1.165, 1.54) is 5.56 Å². The molecular formula is C13H17NO3. The summed E-state index contributed by atoms with van der Waals surface area (Å²) in [6, 6.07) is 6.10. The predicted molar refractivity (Wildman–Crippen MR) is 64.6 cm³/mol. The quantitative estimate of drug-likeness (QED) is 0.760. The van der Waals surface area contributed by atoms with Crippen LogP contribution >= 0.6 is 0 Å². The third-order valence-corrected chi connectivity index (χ3v) is 2.96. The Kier molecular flexibility index (Phi) is 2.91. The zero-order chi connectivity index (χ0) is 11.7. The summed E-state index contributed by atoms with van der Waals surface area (Å²) in [5.74, 6) is 0.909. The van der Waals surface area contributed by atoms with Gasteiger partial charge in [0.2, 0.25) is 0 Å². The molecule has 0 saturated carbocycles. The minimum atomic E-state index is 0.306. The van der Waals surface area contributed by atoms with Crippen molar-refractivity contribution in [1.29, 1.82) is 0 Å². The molecule has 1 N–H and O–H groups in total. The zero-order valence-corrected chi connectivity index (χ0v) is 9.94. The van der Waals surface area contributed by atoms with Gasteiger partial charge >= 0.3 is 0 Å². The fourth-order valence-electron chi connectivity index (χ4n) is 1.69. The SMILES string of the molecule is Cc1cc(OCC2CO2)ccc1NCC1CO1. The van der Waals surface area contributed by atoms with Crippen molar-refractivity contribution in [2.45, 2.75) is 19.1 Å². The molecule has 17 heavy (non-hydrogen) atoms. The lowest BCUT2D eigenvalue weighted by molar-refractivity contribution is 0.263. The number of anilines is 1. The van der Waals surface area contributed by atoms with Gasteiger partial charge < -0.3 is 19.5 Å². The first-order valence-corrected chi connectivity index (χ1v) is 6.02. The lowest BCUT2D eigenvalue weighted by Gasteiger charge is -2.10. The standard InChI is InChI=1S/C13H17NO3/c1-9-4-10(15-7-12-8-17-12)2-3-13(9)14-5-11-6-16-11/h2-4,11-12,14H,5-8H2,1H3. The van der Waals surface area contributed by atoms with E-state index in [1.54, 1.807) is 0 Å². The number of benzene rings is 1. The van der Waals surface area contributed by atoms with Crippen LogP contribution in [0.25, 0.3) is 0 Å². The van der Waals surface area contributed by atoms with Crippen LogP contribution < -0.4 is 10.1 Å². The van der Waals surface area contributed by atoms with Gasteiger partial charge in [0, 0.05) is 12.2 Å². The Labute approximate surface area is 101 Å². The second kappa shape index (κ2) is 4.55. The first-order chi connectivity index (χ1) is 8.31. The van der Waals surface area contributed by atoms with Gasteiger partial charge in [0.05, 0.1) is 19.3 Å². The molecule has 3 rings (SSSR count). The number of hydrogen-bond donors (Lipinski definition) is 1. The van der Waals surface area contributed by atoms with Crippen molar-refractivity contribution in [1.82, 2.24) is 0 Å². The monoisotopic (exact) mass is 235 g/mol. The van der Waals surface area contributed by atoms with Crippen LogP contribution in [0, 0.1) is 6.92 Å². The Hall–Kier alpha value is -1.26. The molecule has 2 fully saturated rings. The first-order valence-electron chi connectivity index (χ1n) is 6.02. The van der Waals surface area contributed by atoms with Crippen molar-refractivity contribution >= 4 is 5.69 Å². The largest absolute Gasteiger partial charge is 0.491 e. The smallest absolute Gasteiger partial charge is 0.119 e. The van der Waals surface area contributed by atoms with E-state index in [4.69, 9.17) is 14.2 Å². The van der Waals surface area contributed by atoms with Gasteiger partial charge in [0.15, 0.2) is 0 Å². The molecule has 2 aliphatic rings. The van der Waals surface area contributed by atoms with Gasteiger partial charge in [-0.1, -0.05) is 0 Å². The fourth-order valence-corrected chi connectivity index (χ4v) is 1.69. The normalized spacial score (nSPS) is 25.5. The van der Waals surface area contributed by atoms with Gasteiger partial charge in [-0.05, 0) is 30.7 Å². The molecule has 0 radical (unpaired) electrons. The number of epoxide rings is 2. The molecule has 92 valence electrons. The molecule has 0 aliphatic carbocycles. The Bertz CT molecular complexity index is 400. The summed E-state index contributed by atoms with van der Waals surface area (Å²) < 4.78 is 15.9. The number of hydrogen-bond acceptors (Lipinski definition) is 4. The van der Waals surface area contributed by atoms with Gasteiger partial charge in [-0.15, -0.1) is 0 Å². The molecule has 2 saturated heterocycles. The first kappa shape index (κ1) is 10.9. The molecule has 2 heterocycles. The third-order valence-electron chi connectivity index (χ3n) is 2.96. The Balaban J connectivity index is 1.56. The summed E-state index contributed by atoms with van der Waals surface area (Å²) in [7, 11) is 0. The van der Waals surface area contributed by atoms with E-state index in [0.717, 1.165) is 31.2 Å². The third kappa shape index (κ3) is 3.11. The minimum absolute atomic E-state index is 0.306.